The molecule has 0 aliphatic carbocycles. The molecular formula is C20H21FN4O2. The molecule has 1 aliphatic rings. The quantitative estimate of drug-likeness (QED) is 0.708. The maximum absolute atomic E-state index is 13.9. The van der Waals surface area contributed by atoms with E-state index < -0.39 is 0 Å². The molecule has 27 heavy (non-hydrogen) atoms. The maximum atomic E-state index is 13.9. The molecule has 0 fully saturated rings. The first-order valence-corrected chi connectivity index (χ1v) is 9.00. The van der Waals surface area contributed by atoms with Crippen LogP contribution in [0, 0.1) is 19.7 Å². The van der Waals surface area contributed by atoms with Crippen molar-refractivity contribution < 1.29 is 13.6 Å². The van der Waals surface area contributed by atoms with Crippen LogP contribution >= 0.6 is 0 Å². The first-order chi connectivity index (χ1) is 12.9. The summed E-state index contributed by atoms with van der Waals surface area (Å²) in [7, 11) is 0. The Kier molecular flexibility index (Phi) is 4.30. The number of amides is 1. The van der Waals surface area contributed by atoms with Crippen molar-refractivity contribution in [3.05, 3.63) is 58.7 Å². The molecule has 1 aliphatic heterocycles. The zero-order valence-corrected chi connectivity index (χ0v) is 15.6. The molecule has 0 saturated carbocycles. The first kappa shape index (κ1) is 17.5. The van der Waals surface area contributed by atoms with E-state index in [0.29, 0.717) is 35.8 Å². The number of hydrogen-bond donors (Lipinski definition) is 0. The standard InChI is InChI=1S/C20H21FN4O2/c1-4-15-8-17(14-6-5-12(2)16(21)7-14)23-25(15)11-20(26)24-9-18-19(10-24)27-13(3)22-18/h5-8H,4,9-11H2,1-3H3. The maximum Gasteiger partial charge on any atom is 0.245 e. The third-order valence-electron chi connectivity index (χ3n) is 4.89. The van der Waals surface area contributed by atoms with Gasteiger partial charge in [0.2, 0.25) is 5.91 Å². The highest BCUT2D eigenvalue weighted by molar-refractivity contribution is 5.76. The van der Waals surface area contributed by atoms with E-state index in [1.807, 2.05) is 19.1 Å². The van der Waals surface area contributed by atoms with Crippen molar-refractivity contribution in [1.82, 2.24) is 19.7 Å². The Morgan fingerprint density at radius 3 is 2.78 bits per heavy atom. The molecule has 0 bridgehead atoms. The lowest BCUT2D eigenvalue weighted by Gasteiger charge is -2.15. The number of aryl methyl sites for hydroxylation is 3. The molecule has 0 unspecified atom stereocenters. The van der Waals surface area contributed by atoms with E-state index in [9.17, 15) is 9.18 Å². The van der Waals surface area contributed by atoms with Crippen molar-refractivity contribution in [3.63, 3.8) is 0 Å². The molecule has 4 rings (SSSR count). The van der Waals surface area contributed by atoms with Crippen molar-refractivity contribution >= 4 is 5.91 Å². The highest BCUT2D eigenvalue weighted by Crippen LogP contribution is 2.25. The van der Waals surface area contributed by atoms with Crippen molar-refractivity contribution in [3.8, 4) is 11.3 Å². The zero-order valence-electron chi connectivity index (χ0n) is 15.6. The van der Waals surface area contributed by atoms with Gasteiger partial charge in [-0.15, -0.1) is 0 Å². The van der Waals surface area contributed by atoms with Gasteiger partial charge in [-0.25, -0.2) is 9.37 Å². The number of benzene rings is 1. The Balaban J connectivity index is 1.53. The zero-order chi connectivity index (χ0) is 19.1. The number of oxazole rings is 1. The molecule has 140 valence electrons. The number of halogens is 1. The molecular weight excluding hydrogens is 347 g/mol. The molecule has 0 saturated heterocycles. The predicted molar refractivity (Wildman–Crippen MR) is 97.2 cm³/mol. The van der Waals surface area contributed by atoms with Gasteiger partial charge in [0.25, 0.3) is 0 Å². The summed E-state index contributed by atoms with van der Waals surface area (Å²) in [6.07, 6.45) is 0.732. The summed E-state index contributed by atoms with van der Waals surface area (Å²) in [6, 6.07) is 6.98. The molecule has 0 N–H and O–H groups in total. The summed E-state index contributed by atoms with van der Waals surface area (Å²) in [5, 5.41) is 4.55. The lowest BCUT2D eigenvalue weighted by Crippen LogP contribution is -2.30. The van der Waals surface area contributed by atoms with Gasteiger partial charge >= 0.3 is 0 Å². The van der Waals surface area contributed by atoms with Gasteiger partial charge < -0.3 is 9.32 Å². The third-order valence-corrected chi connectivity index (χ3v) is 4.89. The molecule has 0 radical (unpaired) electrons. The summed E-state index contributed by atoms with van der Waals surface area (Å²) in [5.74, 6) is 1.08. The van der Waals surface area contributed by atoms with Crippen LogP contribution in [0.15, 0.2) is 28.7 Å². The number of nitrogens with zero attached hydrogens (tertiary/aromatic N) is 4. The third kappa shape index (κ3) is 3.25. The second-order valence-corrected chi connectivity index (χ2v) is 6.85. The lowest BCUT2D eigenvalue weighted by atomic mass is 10.1. The van der Waals surface area contributed by atoms with Gasteiger partial charge in [0.15, 0.2) is 5.89 Å². The fraction of sp³-hybridized carbons (Fsp3) is 0.350. The van der Waals surface area contributed by atoms with Gasteiger partial charge in [-0.1, -0.05) is 19.1 Å². The van der Waals surface area contributed by atoms with Gasteiger partial charge in [-0.3, -0.25) is 9.48 Å². The van der Waals surface area contributed by atoms with Gasteiger partial charge in [-0.2, -0.15) is 5.10 Å². The summed E-state index contributed by atoms with van der Waals surface area (Å²) in [6.45, 7) is 6.58. The van der Waals surface area contributed by atoms with E-state index in [-0.39, 0.29) is 18.3 Å². The minimum Gasteiger partial charge on any atom is -0.444 e. The molecule has 0 atom stereocenters. The Labute approximate surface area is 156 Å². The number of aromatic nitrogens is 3. The van der Waals surface area contributed by atoms with Crippen molar-refractivity contribution in [2.45, 2.75) is 46.8 Å². The van der Waals surface area contributed by atoms with Crippen LogP contribution in [0.3, 0.4) is 0 Å². The number of carbonyl (C=O) groups is 1. The van der Waals surface area contributed by atoms with Crippen LogP contribution in [-0.2, 0) is 30.8 Å². The van der Waals surface area contributed by atoms with Crippen LogP contribution in [0.25, 0.3) is 11.3 Å². The Morgan fingerprint density at radius 1 is 1.26 bits per heavy atom. The van der Waals surface area contributed by atoms with Crippen molar-refractivity contribution in [2.75, 3.05) is 0 Å². The van der Waals surface area contributed by atoms with E-state index in [2.05, 4.69) is 10.1 Å². The molecule has 3 aromatic rings. The highest BCUT2D eigenvalue weighted by Gasteiger charge is 2.28. The van der Waals surface area contributed by atoms with Crippen molar-refractivity contribution in [1.29, 1.82) is 0 Å². The number of fused-ring (bicyclic) bond motifs is 1. The summed E-state index contributed by atoms with van der Waals surface area (Å²) in [5.41, 5.74) is 3.74. The smallest absolute Gasteiger partial charge is 0.245 e. The summed E-state index contributed by atoms with van der Waals surface area (Å²) >= 11 is 0. The second-order valence-electron chi connectivity index (χ2n) is 6.85. The van der Waals surface area contributed by atoms with Gasteiger partial charge in [0, 0.05) is 18.2 Å². The fourth-order valence-electron chi connectivity index (χ4n) is 3.34. The van der Waals surface area contributed by atoms with E-state index in [1.165, 1.54) is 6.07 Å². The summed E-state index contributed by atoms with van der Waals surface area (Å²) < 4.78 is 21.1. The minimum absolute atomic E-state index is 0.0414. The van der Waals surface area contributed by atoms with Crippen LogP contribution < -0.4 is 0 Å². The number of carbonyl (C=O) groups excluding carboxylic acids is 1. The highest BCUT2D eigenvalue weighted by atomic mass is 19.1. The molecule has 1 amide bonds. The van der Waals surface area contributed by atoms with E-state index in [1.54, 1.807) is 29.5 Å². The molecule has 3 heterocycles. The van der Waals surface area contributed by atoms with E-state index in [0.717, 1.165) is 23.6 Å². The van der Waals surface area contributed by atoms with Crippen LogP contribution in [0.4, 0.5) is 4.39 Å². The second kappa shape index (κ2) is 6.64. The van der Waals surface area contributed by atoms with Gasteiger partial charge in [0.1, 0.15) is 23.8 Å². The number of rotatable bonds is 4. The SMILES string of the molecule is CCc1cc(-c2ccc(C)c(F)c2)nn1CC(=O)N1Cc2nc(C)oc2C1. The Bertz CT molecular complexity index is 998. The average Bonchev–Trinajstić information content (AvgIpc) is 3.29. The molecule has 0 spiro atoms. The topological polar surface area (TPSA) is 64.2 Å². The van der Waals surface area contributed by atoms with Gasteiger partial charge in [0.05, 0.1) is 18.8 Å². The summed E-state index contributed by atoms with van der Waals surface area (Å²) in [4.78, 5) is 18.7. The largest absolute Gasteiger partial charge is 0.444 e. The monoisotopic (exact) mass is 368 g/mol. The normalized spacial score (nSPS) is 13.3. The van der Waals surface area contributed by atoms with Crippen LogP contribution in [0.2, 0.25) is 0 Å². The first-order valence-electron chi connectivity index (χ1n) is 9.00. The van der Waals surface area contributed by atoms with Crippen LogP contribution in [0.1, 0.15) is 35.5 Å². The molecule has 6 nitrogen and oxygen atoms in total. The predicted octanol–water partition coefficient (Wildman–Crippen LogP) is 3.40. The average molecular weight is 368 g/mol. The van der Waals surface area contributed by atoms with Crippen LogP contribution in [-0.4, -0.2) is 25.6 Å². The van der Waals surface area contributed by atoms with E-state index in [4.69, 9.17) is 4.42 Å². The molecule has 7 heteroatoms. The van der Waals surface area contributed by atoms with E-state index >= 15 is 0 Å². The minimum atomic E-state index is -0.260. The Morgan fingerprint density at radius 2 is 2.07 bits per heavy atom. The molecule has 2 aromatic heterocycles. The number of hydrogen-bond acceptors (Lipinski definition) is 4. The van der Waals surface area contributed by atoms with Crippen molar-refractivity contribution in [2.24, 2.45) is 0 Å². The molecule has 1 aromatic carbocycles. The van der Waals surface area contributed by atoms with Gasteiger partial charge in [-0.05, 0) is 31.0 Å². The lowest BCUT2D eigenvalue weighted by molar-refractivity contribution is -0.132. The van der Waals surface area contributed by atoms with Crippen LogP contribution in [0.5, 0.6) is 0 Å². The fourth-order valence-corrected chi connectivity index (χ4v) is 3.34. The Hall–Kier alpha value is -2.96.